The summed E-state index contributed by atoms with van der Waals surface area (Å²) in [4.78, 5) is 33.7. The van der Waals surface area contributed by atoms with Crippen molar-refractivity contribution in [3.63, 3.8) is 0 Å². The molecule has 0 unspecified atom stereocenters. The van der Waals surface area contributed by atoms with Crippen LogP contribution >= 0.6 is 23.5 Å². The molecule has 0 bridgehead atoms. The molecule has 1 amide bonds. The second-order valence-electron chi connectivity index (χ2n) is 6.03. The first-order chi connectivity index (χ1) is 13.5. The first-order valence-electron chi connectivity index (χ1n) is 8.98. The minimum Gasteiger partial charge on any atom is -0.456 e. The molecule has 2 rings (SSSR count). The third-order valence-electron chi connectivity index (χ3n) is 3.96. The van der Waals surface area contributed by atoms with E-state index in [2.05, 4.69) is 15.3 Å². The highest BCUT2D eigenvalue weighted by atomic mass is 32.2. The van der Waals surface area contributed by atoms with Gasteiger partial charge in [0.1, 0.15) is 0 Å². The molecule has 0 fully saturated rings. The van der Waals surface area contributed by atoms with Gasteiger partial charge in [-0.3, -0.25) is 9.59 Å². The van der Waals surface area contributed by atoms with Crippen LogP contribution in [0.25, 0.3) is 0 Å². The van der Waals surface area contributed by atoms with Crippen molar-refractivity contribution in [1.29, 1.82) is 0 Å². The van der Waals surface area contributed by atoms with Crippen molar-refractivity contribution in [3.05, 3.63) is 47.3 Å². The van der Waals surface area contributed by atoms with Crippen LogP contribution in [-0.4, -0.2) is 47.0 Å². The third-order valence-corrected chi connectivity index (χ3v) is 5.52. The highest BCUT2D eigenvalue weighted by molar-refractivity contribution is 7.99. The molecule has 1 heterocycles. The summed E-state index contributed by atoms with van der Waals surface area (Å²) in [5, 5.41) is 3.48. The van der Waals surface area contributed by atoms with E-state index >= 15 is 0 Å². The summed E-state index contributed by atoms with van der Waals surface area (Å²) in [7, 11) is 0. The van der Waals surface area contributed by atoms with E-state index in [4.69, 9.17) is 4.74 Å². The summed E-state index contributed by atoms with van der Waals surface area (Å²) >= 11 is 3.15. The van der Waals surface area contributed by atoms with Gasteiger partial charge < -0.3 is 10.1 Å². The van der Waals surface area contributed by atoms with Crippen molar-refractivity contribution < 1.29 is 14.3 Å². The fourth-order valence-corrected chi connectivity index (χ4v) is 3.78. The fraction of sp³-hybridized carbons (Fsp3) is 0.400. The largest absolute Gasteiger partial charge is 0.456 e. The summed E-state index contributed by atoms with van der Waals surface area (Å²) in [6.07, 6.45) is 2.62. The van der Waals surface area contributed by atoms with E-state index < -0.39 is 5.97 Å². The summed E-state index contributed by atoms with van der Waals surface area (Å²) in [5.74, 6) is 0.0671. The molecule has 0 saturated heterocycles. The number of esters is 1. The molecule has 0 aliphatic heterocycles. The van der Waals surface area contributed by atoms with Crippen LogP contribution < -0.4 is 5.32 Å². The van der Waals surface area contributed by atoms with Gasteiger partial charge in [0.25, 0.3) is 5.91 Å². The number of nitrogens with zero attached hydrogens (tertiary/aromatic N) is 2. The number of thioether (sulfide) groups is 2. The molecule has 0 saturated carbocycles. The second kappa shape index (κ2) is 11.7. The summed E-state index contributed by atoms with van der Waals surface area (Å²) in [6, 6.07) is 9.98. The Morgan fingerprint density at radius 1 is 1.11 bits per heavy atom. The lowest BCUT2D eigenvalue weighted by Crippen LogP contribution is -2.30. The zero-order valence-corrected chi connectivity index (χ0v) is 18.0. The smallest absolute Gasteiger partial charge is 0.306 e. The van der Waals surface area contributed by atoms with E-state index in [1.54, 1.807) is 11.8 Å². The Morgan fingerprint density at radius 3 is 2.43 bits per heavy atom. The maximum absolute atomic E-state index is 11.9. The number of hydrogen-bond donors (Lipinski definition) is 1. The number of nitrogens with one attached hydrogen (secondary N) is 1. The van der Waals surface area contributed by atoms with Crippen LogP contribution in [0.2, 0.25) is 0 Å². The van der Waals surface area contributed by atoms with E-state index in [0.29, 0.717) is 13.0 Å². The number of rotatable bonds is 10. The Kier molecular flexibility index (Phi) is 9.30. The molecule has 8 heteroatoms. The number of benzene rings is 1. The van der Waals surface area contributed by atoms with Crippen molar-refractivity contribution in [3.8, 4) is 0 Å². The lowest BCUT2D eigenvalue weighted by molar-refractivity contribution is -0.148. The van der Waals surface area contributed by atoms with Crippen LogP contribution in [0.15, 0.2) is 40.4 Å². The van der Waals surface area contributed by atoms with Crippen LogP contribution in [0.4, 0.5) is 0 Å². The monoisotopic (exact) mass is 419 g/mol. The molecule has 1 aromatic carbocycles. The van der Waals surface area contributed by atoms with E-state index in [0.717, 1.165) is 32.8 Å². The Bertz CT molecular complexity index is 778. The molecule has 1 N–H and O–H groups in total. The summed E-state index contributed by atoms with van der Waals surface area (Å²) in [6.45, 7) is 4.09. The average molecular weight is 420 g/mol. The molecule has 28 heavy (non-hydrogen) atoms. The van der Waals surface area contributed by atoms with Gasteiger partial charge in [-0.05, 0) is 44.2 Å². The van der Waals surface area contributed by atoms with Crippen LogP contribution in [0.5, 0.6) is 0 Å². The number of carbonyl (C=O) groups is 2. The topological polar surface area (TPSA) is 81.2 Å². The van der Waals surface area contributed by atoms with Gasteiger partial charge in [0.05, 0.1) is 0 Å². The first-order valence-corrected chi connectivity index (χ1v) is 11.2. The van der Waals surface area contributed by atoms with Crippen molar-refractivity contribution in [2.45, 2.75) is 36.7 Å². The quantitative estimate of drug-likeness (QED) is 0.274. The zero-order chi connectivity index (χ0) is 20.4. The number of ether oxygens (including phenoxy) is 1. The fourth-order valence-electron chi connectivity index (χ4n) is 2.53. The lowest BCUT2D eigenvalue weighted by Gasteiger charge is -2.10. The van der Waals surface area contributed by atoms with Crippen LogP contribution in [-0.2, 0) is 20.7 Å². The molecule has 0 spiro atoms. The molecule has 0 aliphatic rings. The SMILES string of the molecule is CSc1nc(C)c(CCC(=O)OCC(=O)NCCSc2ccccc2)c(C)n1. The molecular formula is C20H25N3O3S2. The lowest BCUT2D eigenvalue weighted by atomic mass is 10.1. The van der Waals surface area contributed by atoms with Crippen molar-refractivity contribution in [2.75, 3.05) is 25.2 Å². The van der Waals surface area contributed by atoms with Gasteiger partial charge in [-0.15, -0.1) is 11.8 Å². The first kappa shape index (κ1) is 22.2. The highest BCUT2D eigenvalue weighted by Gasteiger charge is 2.12. The average Bonchev–Trinajstić information content (AvgIpc) is 2.69. The van der Waals surface area contributed by atoms with Crippen molar-refractivity contribution in [1.82, 2.24) is 15.3 Å². The molecule has 6 nitrogen and oxygen atoms in total. The minimum atomic E-state index is -0.401. The van der Waals surface area contributed by atoms with Gasteiger partial charge in [0.2, 0.25) is 0 Å². The molecular weight excluding hydrogens is 394 g/mol. The Hall–Kier alpha value is -2.06. The van der Waals surface area contributed by atoms with Crippen molar-refractivity contribution >= 4 is 35.4 Å². The Morgan fingerprint density at radius 2 is 1.79 bits per heavy atom. The maximum Gasteiger partial charge on any atom is 0.306 e. The normalized spacial score (nSPS) is 10.5. The molecule has 1 aromatic heterocycles. The van der Waals surface area contributed by atoms with Crippen molar-refractivity contribution in [2.24, 2.45) is 0 Å². The summed E-state index contributed by atoms with van der Waals surface area (Å²) < 4.78 is 5.06. The van der Waals surface area contributed by atoms with E-state index in [1.165, 1.54) is 11.8 Å². The number of aromatic nitrogens is 2. The Labute approximate surface area is 174 Å². The molecule has 150 valence electrons. The predicted molar refractivity (Wildman–Crippen MR) is 113 cm³/mol. The number of aryl methyl sites for hydroxylation is 2. The Balaban J connectivity index is 1.65. The van der Waals surface area contributed by atoms with Crippen LogP contribution in [0, 0.1) is 13.8 Å². The summed E-state index contributed by atoms with van der Waals surface area (Å²) in [5.41, 5.74) is 2.70. The number of hydrogen-bond acceptors (Lipinski definition) is 7. The molecule has 0 atom stereocenters. The number of carbonyl (C=O) groups excluding carboxylic acids is 2. The van der Waals surface area contributed by atoms with Gasteiger partial charge in [0.15, 0.2) is 11.8 Å². The number of amides is 1. The van der Waals surface area contributed by atoms with Crippen LogP contribution in [0.3, 0.4) is 0 Å². The predicted octanol–water partition coefficient (Wildman–Crippen LogP) is 3.20. The van der Waals surface area contributed by atoms with Crippen LogP contribution in [0.1, 0.15) is 23.4 Å². The van der Waals surface area contributed by atoms with Gasteiger partial charge in [0, 0.05) is 35.0 Å². The van der Waals surface area contributed by atoms with Gasteiger partial charge in [-0.25, -0.2) is 9.97 Å². The molecule has 0 aliphatic carbocycles. The standard InChI is InChI=1S/C20H25N3O3S2/c1-14-17(15(2)23-20(22-14)27-3)9-10-19(25)26-13-18(24)21-11-12-28-16-7-5-4-6-8-16/h4-8H,9-13H2,1-3H3,(H,21,24). The van der Waals surface area contributed by atoms with E-state index in [1.807, 2.05) is 50.4 Å². The van der Waals surface area contributed by atoms with Gasteiger partial charge in [-0.2, -0.15) is 0 Å². The second-order valence-corrected chi connectivity index (χ2v) is 7.97. The molecule has 0 radical (unpaired) electrons. The maximum atomic E-state index is 11.9. The highest BCUT2D eigenvalue weighted by Crippen LogP contribution is 2.17. The third kappa shape index (κ3) is 7.52. The van der Waals surface area contributed by atoms with Gasteiger partial charge in [-0.1, -0.05) is 30.0 Å². The van der Waals surface area contributed by atoms with E-state index in [-0.39, 0.29) is 18.9 Å². The van der Waals surface area contributed by atoms with E-state index in [9.17, 15) is 9.59 Å². The minimum absolute atomic E-state index is 0.195. The zero-order valence-electron chi connectivity index (χ0n) is 16.4. The molecule has 2 aromatic rings. The van der Waals surface area contributed by atoms with Gasteiger partial charge >= 0.3 is 5.97 Å².